The van der Waals surface area contributed by atoms with Gasteiger partial charge in [0.25, 0.3) is 5.56 Å². The molecule has 0 radical (unpaired) electrons. The quantitative estimate of drug-likeness (QED) is 0.309. The minimum Gasteiger partial charge on any atom is -0.497 e. The monoisotopic (exact) mass is 560 g/mol. The van der Waals surface area contributed by atoms with Crippen LogP contribution in [0.1, 0.15) is 29.7 Å². The molecular formula is C30H25ClN2O5S. The predicted molar refractivity (Wildman–Crippen MR) is 152 cm³/mol. The molecule has 9 heteroatoms. The van der Waals surface area contributed by atoms with Crippen molar-refractivity contribution in [1.82, 2.24) is 4.57 Å². The maximum Gasteiger partial charge on any atom is 0.338 e. The highest BCUT2D eigenvalue weighted by atomic mass is 35.5. The molecule has 0 aliphatic carbocycles. The van der Waals surface area contributed by atoms with Gasteiger partial charge < -0.3 is 14.2 Å². The number of hydrogen-bond donors (Lipinski definition) is 0. The van der Waals surface area contributed by atoms with E-state index in [1.54, 1.807) is 62.1 Å². The summed E-state index contributed by atoms with van der Waals surface area (Å²) in [6.07, 6.45) is 1.75. The third-order valence-corrected chi connectivity index (χ3v) is 7.52. The topological polar surface area (TPSA) is 79.1 Å². The second-order valence-corrected chi connectivity index (χ2v) is 10.0. The molecule has 2 heterocycles. The van der Waals surface area contributed by atoms with E-state index in [1.807, 2.05) is 42.5 Å². The summed E-state index contributed by atoms with van der Waals surface area (Å²) in [7, 11) is 3.15. The zero-order valence-corrected chi connectivity index (χ0v) is 23.1. The Hall–Kier alpha value is -4.14. The van der Waals surface area contributed by atoms with Crippen molar-refractivity contribution in [2.75, 3.05) is 20.8 Å². The van der Waals surface area contributed by atoms with E-state index < -0.39 is 12.0 Å². The molecule has 0 amide bonds. The molecule has 3 aromatic carbocycles. The fraction of sp³-hybridized carbons (Fsp3) is 0.167. The summed E-state index contributed by atoms with van der Waals surface area (Å²) < 4.78 is 18.3. The number of carbonyl (C=O) groups excluding carboxylic acids is 1. The molecule has 5 rings (SSSR count). The first-order chi connectivity index (χ1) is 18.9. The van der Waals surface area contributed by atoms with E-state index in [1.165, 1.54) is 11.3 Å². The summed E-state index contributed by atoms with van der Waals surface area (Å²) in [5, 5.41) is 0.543. The van der Waals surface area contributed by atoms with Crippen molar-refractivity contribution < 1.29 is 19.0 Å². The van der Waals surface area contributed by atoms with Gasteiger partial charge in [-0.1, -0.05) is 65.4 Å². The molecule has 4 aromatic rings. The van der Waals surface area contributed by atoms with Gasteiger partial charge in [0.1, 0.15) is 11.5 Å². The maximum atomic E-state index is 14.0. The average molecular weight is 561 g/mol. The minimum absolute atomic E-state index is 0.178. The second kappa shape index (κ2) is 11.3. The number of carbonyl (C=O) groups is 1. The van der Waals surface area contributed by atoms with Crippen LogP contribution in [0.4, 0.5) is 0 Å². The third kappa shape index (κ3) is 5.13. The smallest absolute Gasteiger partial charge is 0.338 e. The highest BCUT2D eigenvalue weighted by Crippen LogP contribution is 2.35. The minimum atomic E-state index is -0.776. The number of rotatable bonds is 7. The van der Waals surface area contributed by atoms with Gasteiger partial charge in [-0.2, -0.15) is 0 Å². The van der Waals surface area contributed by atoms with Crippen LogP contribution >= 0.6 is 22.9 Å². The Morgan fingerprint density at radius 3 is 2.46 bits per heavy atom. The molecule has 0 N–H and O–H groups in total. The second-order valence-electron chi connectivity index (χ2n) is 8.59. The molecule has 0 spiro atoms. The highest BCUT2D eigenvalue weighted by Gasteiger charge is 2.35. The molecule has 1 aromatic heterocycles. The number of benzene rings is 3. The van der Waals surface area contributed by atoms with Gasteiger partial charge in [0.05, 0.1) is 42.7 Å². The van der Waals surface area contributed by atoms with Gasteiger partial charge in [-0.25, -0.2) is 9.79 Å². The standard InChI is InChI=1S/C30H25ClN2O5S/c1-4-38-29(35)25-26(18-8-6-5-7-9-18)32-30-33(27(25)19-10-12-21(31)13-11-19)28(34)24(39-30)17-20-16-22(36-2)14-15-23(20)37-3/h5-17,27H,4H2,1-3H3/b24-17-/t27-/m1/s1. The fourth-order valence-electron chi connectivity index (χ4n) is 4.49. The molecule has 0 fully saturated rings. The molecular weight excluding hydrogens is 536 g/mol. The van der Waals surface area contributed by atoms with Crippen LogP contribution in [0.15, 0.2) is 88.2 Å². The van der Waals surface area contributed by atoms with Gasteiger partial charge in [0.2, 0.25) is 0 Å². The van der Waals surface area contributed by atoms with Crippen LogP contribution in [-0.2, 0) is 9.53 Å². The maximum absolute atomic E-state index is 14.0. The Kier molecular flexibility index (Phi) is 7.67. The SMILES string of the molecule is CCOC(=O)C1=C(c2ccccc2)N=c2s/c(=C\c3cc(OC)ccc3OC)c(=O)n2[C@@H]1c1ccc(Cl)cc1. The first-order valence-corrected chi connectivity index (χ1v) is 13.4. The number of esters is 1. The number of thiazole rings is 1. The summed E-state index contributed by atoms with van der Waals surface area (Å²) in [5.74, 6) is 0.682. The Morgan fingerprint density at radius 1 is 1.05 bits per heavy atom. The van der Waals surface area contributed by atoms with Crippen LogP contribution in [0.25, 0.3) is 11.8 Å². The summed E-state index contributed by atoms with van der Waals surface area (Å²) in [6, 6.07) is 21.1. The number of aromatic nitrogens is 1. The Bertz CT molecular complexity index is 1740. The van der Waals surface area contributed by atoms with Crippen molar-refractivity contribution in [2.45, 2.75) is 13.0 Å². The molecule has 0 saturated heterocycles. The lowest BCUT2D eigenvalue weighted by atomic mass is 9.93. The molecule has 0 unspecified atom stereocenters. The van der Waals surface area contributed by atoms with E-state index in [9.17, 15) is 9.59 Å². The number of fused-ring (bicyclic) bond motifs is 1. The van der Waals surface area contributed by atoms with Gasteiger partial charge in [-0.05, 0) is 48.9 Å². The van der Waals surface area contributed by atoms with Crippen molar-refractivity contribution in [3.05, 3.63) is 120 Å². The van der Waals surface area contributed by atoms with Gasteiger partial charge >= 0.3 is 5.97 Å². The number of ether oxygens (including phenoxy) is 3. The third-order valence-electron chi connectivity index (χ3n) is 6.28. The van der Waals surface area contributed by atoms with Crippen LogP contribution in [-0.4, -0.2) is 31.4 Å². The normalized spacial score (nSPS) is 15.0. The first-order valence-electron chi connectivity index (χ1n) is 12.2. The lowest BCUT2D eigenvalue weighted by Gasteiger charge is -2.25. The Morgan fingerprint density at radius 2 is 1.79 bits per heavy atom. The molecule has 1 aliphatic rings. The van der Waals surface area contributed by atoms with E-state index in [-0.39, 0.29) is 17.7 Å². The van der Waals surface area contributed by atoms with Crippen molar-refractivity contribution in [3.63, 3.8) is 0 Å². The van der Waals surface area contributed by atoms with Crippen LogP contribution in [0.2, 0.25) is 5.02 Å². The van der Waals surface area contributed by atoms with Crippen LogP contribution < -0.4 is 24.4 Å². The average Bonchev–Trinajstić information content (AvgIpc) is 3.27. The van der Waals surface area contributed by atoms with E-state index in [0.717, 1.165) is 5.56 Å². The highest BCUT2D eigenvalue weighted by molar-refractivity contribution is 7.07. The van der Waals surface area contributed by atoms with Crippen molar-refractivity contribution >= 4 is 40.7 Å². The summed E-state index contributed by atoms with van der Waals surface area (Å²) in [5.41, 5.74) is 2.57. The Balaban J connectivity index is 1.83. The van der Waals surface area contributed by atoms with E-state index in [2.05, 4.69) is 0 Å². The van der Waals surface area contributed by atoms with E-state index in [4.69, 9.17) is 30.8 Å². The van der Waals surface area contributed by atoms with Crippen molar-refractivity contribution in [2.24, 2.45) is 4.99 Å². The zero-order chi connectivity index (χ0) is 27.5. The lowest BCUT2D eigenvalue weighted by molar-refractivity contribution is -0.138. The van der Waals surface area contributed by atoms with Crippen LogP contribution in [0.5, 0.6) is 11.5 Å². The number of nitrogens with zero attached hydrogens (tertiary/aromatic N) is 2. The van der Waals surface area contributed by atoms with Crippen molar-refractivity contribution in [3.8, 4) is 11.5 Å². The zero-order valence-electron chi connectivity index (χ0n) is 21.5. The van der Waals surface area contributed by atoms with Gasteiger partial charge in [0, 0.05) is 16.1 Å². The number of halogens is 1. The summed E-state index contributed by atoms with van der Waals surface area (Å²) in [4.78, 5) is 32.8. The molecule has 7 nitrogen and oxygen atoms in total. The molecule has 0 saturated carbocycles. The largest absolute Gasteiger partial charge is 0.497 e. The van der Waals surface area contributed by atoms with Crippen LogP contribution in [0, 0.1) is 0 Å². The first kappa shape index (κ1) is 26.5. The van der Waals surface area contributed by atoms with Crippen molar-refractivity contribution in [1.29, 1.82) is 0 Å². The van der Waals surface area contributed by atoms with E-state index in [0.29, 0.717) is 42.7 Å². The predicted octanol–water partition coefficient (Wildman–Crippen LogP) is 4.61. The molecule has 198 valence electrons. The van der Waals surface area contributed by atoms with E-state index >= 15 is 0 Å². The molecule has 39 heavy (non-hydrogen) atoms. The number of methoxy groups -OCH3 is 2. The summed E-state index contributed by atoms with van der Waals surface area (Å²) >= 11 is 7.42. The van der Waals surface area contributed by atoms with Gasteiger partial charge in [-0.3, -0.25) is 9.36 Å². The molecule has 1 atom stereocenters. The fourth-order valence-corrected chi connectivity index (χ4v) is 5.61. The molecule has 0 bridgehead atoms. The molecule has 1 aliphatic heterocycles. The lowest BCUT2D eigenvalue weighted by Crippen LogP contribution is -2.40. The van der Waals surface area contributed by atoms with Gasteiger partial charge in [0.15, 0.2) is 4.80 Å². The van der Waals surface area contributed by atoms with Gasteiger partial charge in [-0.15, -0.1) is 0 Å². The summed E-state index contributed by atoms with van der Waals surface area (Å²) in [6.45, 7) is 1.92. The van der Waals surface area contributed by atoms with Crippen LogP contribution in [0.3, 0.4) is 0 Å². The Labute approximate surface area is 233 Å². The number of hydrogen-bond acceptors (Lipinski definition) is 7.